The van der Waals surface area contributed by atoms with Gasteiger partial charge in [0.05, 0.1) is 12.5 Å². The SMILES string of the molecule is CCCC.CCCC1CCOCC1.CNC(C(=O)O)c1cc(OC)cc(C)c1C1(C(C)=O)CC1. The van der Waals surface area contributed by atoms with Crippen molar-refractivity contribution in [2.24, 2.45) is 5.92 Å². The molecule has 1 aliphatic heterocycles. The number of methoxy groups -OCH3 is 1. The lowest BCUT2D eigenvalue weighted by Crippen LogP contribution is -2.30. The molecule has 0 aromatic heterocycles. The van der Waals surface area contributed by atoms with E-state index in [0.29, 0.717) is 11.3 Å². The van der Waals surface area contributed by atoms with Gasteiger partial charge in [-0.25, -0.2) is 0 Å². The van der Waals surface area contributed by atoms with Gasteiger partial charge in [0.2, 0.25) is 0 Å². The van der Waals surface area contributed by atoms with Gasteiger partial charge in [0.15, 0.2) is 0 Å². The lowest BCUT2D eigenvalue weighted by atomic mass is 9.82. The number of aliphatic carboxylic acids is 1. The highest BCUT2D eigenvalue weighted by molar-refractivity contribution is 5.93. The normalized spacial score (nSPS) is 17.4. The van der Waals surface area contributed by atoms with Gasteiger partial charge >= 0.3 is 5.97 Å². The lowest BCUT2D eigenvalue weighted by Gasteiger charge is -2.24. The van der Waals surface area contributed by atoms with Gasteiger partial charge in [-0.15, -0.1) is 0 Å². The van der Waals surface area contributed by atoms with Crippen molar-refractivity contribution < 1.29 is 24.2 Å². The molecule has 6 nitrogen and oxygen atoms in total. The molecular formula is C28H47NO5. The number of carbonyl (C=O) groups is 2. The number of likely N-dealkylation sites (N-methyl/N-ethyl adjacent to an activating group) is 1. The molecule has 1 heterocycles. The summed E-state index contributed by atoms with van der Waals surface area (Å²) in [7, 11) is 3.15. The van der Waals surface area contributed by atoms with E-state index in [1.165, 1.54) is 38.5 Å². The zero-order valence-electron chi connectivity index (χ0n) is 22.5. The number of hydrogen-bond donors (Lipinski definition) is 2. The molecule has 0 amide bonds. The van der Waals surface area contributed by atoms with Crippen molar-refractivity contribution in [1.82, 2.24) is 5.32 Å². The number of carboxylic acids is 1. The molecule has 1 saturated carbocycles. The Morgan fingerprint density at radius 1 is 1.15 bits per heavy atom. The van der Waals surface area contributed by atoms with Gasteiger partial charge in [-0.1, -0.05) is 46.5 Å². The number of ketones is 1. The molecule has 6 heteroatoms. The van der Waals surface area contributed by atoms with Crippen LogP contribution in [0, 0.1) is 12.8 Å². The van der Waals surface area contributed by atoms with Crippen LogP contribution in [0.1, 0.15) is 102 Å². The van der Waals surface area contributed by atoms with Crippen LogP contribution in [0.4, 0.5) is 0 Å². The molecule has 0 radical (unpaired) electrons. The molecule has 0 spiro atoms. The minimum absolute atomic E-state index is 0.0947. The molecule has 1 aliphatic carbocycles. The van der Waals surface area contributed by atoms with Crippen LogP contribution in [-0.2, 0) is 19.7 Å². The molecule has 194 valence electrons. The maximum Gasteiger partial charge on any atom is 0.325 e. The summed E-state index contributed by atoms with van der Waals surface area (Å²) in [4.78, 5) is 23.6. The Balaban J connectivity index is 0.000000366. The Morgan fingerprint density at radius 3 is 2.12 bits per heavy atom. The highest BCUT2D eigenvalue weighted by Gasteiger charge is 2.51. The van der Waals surface area contributed by atoms with E-state index < -0.39 is 17.4 Å². The molecule has 2 aliphatic rings. The van der Waals surface area contributed by atoms with E-state index in [0.717, 1.165) is 43.1 Å². The van der Waals surface area contributed by atoms with Crippen LogP contribution < -0.4 is 10.1 Å². The van der Waals surface area contributed by atoms with Gasteiger partial charge < -0.3 is 19.9 Å². The fourth-order valence-corrected chi connectivity index (χ4v) is 4.54. The first-order valence-corrected chi connectivity index (χ1v) is 12.9. The van der Waals surface area contributed by atoms with Crippen molar-refractivity contribution >= 4 is 11.8 Å². The van der Waals surface area contributed by atoms with Crippen LogP contribution in [0.5, 0.6) is 5.75 Å². The van der Waals surface area contributed by atoms with Crippen molar-refractivity contribution in [3.05, 3.63) is 28.8 Å². The van der Waals surface area contributed by atoms with E-state index >= 15 is 0 Å². The molecule has 1 aromatic rings. The molecule has 1 aromatic carbocycles. The number of ether oxygens (including phenoxy) is 2. The monoisotopic (exact) mass is 477 g/mol. The summed E-state index contributed by atoms with van der Waals surface area (Å²) in [5.41, 5.74) is 1.85. The summed E-state index contributed by atoms with van der Waals surface area (Å²) in [5, 5.41) is 12.3. The van der Waals surface area contributed by atoms with Crippen molar-refractivity contribution in [3.8, 4) is 5.75 Å². The van der Waals surface area contributed by atoms with E-state index in [9.17, 15) is 14.7 Å². The number of nitrogens with one attached hydrogen (secondary N) is 1. The molecule has 1 atom stereocenters. The zero-order valence-corrected chi connectivity index (χ0v) is 22.5. The third-order valence-corrected chi connectivity index (χ3v) is 6.86. The Kier molecular flexibility index (Phi) is 13.4. The quantitative estimate of drug-likeness (QED) is 0.454. The maximum atomic E-state index is 12.1. The van der Waals surface area contributed by atoms with Gasteiger partial charge in [-0.2, -0.15) is 0 Å². The molecule has 1 saturated heterocycles. The smallest absolute Gasteiger partial charge is 0.325 e. The number of carboxylic acid groups (broad SMARTS) is 1. The third kappa shape index (κ3) is 8.38. The maximum absolute atomic E-state index is 12.1. The number of unbranched alkanes of at least 4 members (excludes halogenated alkanes) is 1. The van der Waals surface area contributed by atoms with E-state index in [2.05, 4.69) is 26.1 Å². The number of benzene rings is 1. The van der Waals surface area contributed by atoms with Crippen molar-refractivity contribution in [3.63, 3.8) is 0 Å². The first-order valence-electron chi connectivity index (χ1n) is 12.9. The van der Waals surface area contributed by atoms with Crippen LogP contribution in [0.2, 0.25) is 0 Å². The summed E-state index contributed by atoms with van der Waals surface area (Å²) in [6.07, 6.45) is 9.53. The van der Waals surface area contributed by atoms with Crippen molar-refractivity contribution in [2.75, 3.05) is 27.4 Å². The number of rotatable bonds is 9. The summed E-state index contributed by atoms with van der Waals surface area (Å²) in [6, 6.07) is 2.72. The predicted octanol–water partition coefficient (Wildman–Crippen LogP) is 5.99. The van der Waals surface area contributed by atoms with E-state index in [4.69, 9.17) is 9.47 Å². The Bertz CT molecular complexity index is 762. The second-order valence-corrected chi connectivity index (χ2v) is 9.45. The number of carbonyl (C=O) groups excluding carboxylic acids is 1. The molecule has 2 fully saturated rings. The van der Waals surface area contributed by atoms with Gasteiger partial charge in [-0.3, -0.25) is 9.59 Å². The third-order valence-electron chi connectivity index (χ3n) is 6.86. The Hall–Kier alpha value is -1.92. The second-order valence-electron chi connectivity index (χ2n) is 9.45. The average molecular weight is 478 g/mol. The zero-order chi connectivity index (χ0) is 25.7. The molecule has 0 bridgehead atoms. The molecular weight excluding hydrogens is 430 g/mol. The molecule has 3 rings (SSSR count). The number of hydrogen-bond acceptors (Lipinski definition) is 5. The van der Waals surface area contributed by atoms with Crippen molar-refractivity contribution in [1.29, 1.82) is 0 Å². The predicted molar refractivity (Wildman–Crippen MR) is 138 cm³/mol. The number of Topliss-reactive ketones (excluding diaryl/α,β-unsaturated/α-hetero) is 1. The summed E-state index contributed by atoms with van der Waals surface area (Å²) in [6.45, 7) is 12.1. The van der Waals surface area contributed by atoms with Crippen LogP contribution >= 0.6 is 0 Å². The molecule has 2 N–H and O–H groups in total. The van der Waals surface area contributed by atoms with Crippen LogP contribution in [0.15, 0.2) is 12.1 Å². The standard InChI is InChI=1S/C16H21NO4.C8H16O.C4H10/c1-9-7-11(21-4)8-12(14(17-3)15(19)20)13(9)16(5-6-16)10(2)18;1-2-3-8-4-6-9-7-5-8;1-3-4-2/h7-8,14,17H,5-6H2,1-4H3,(H,19,20);8H,2-7H2,1H3;3-4H2,1-2H3. The minimum atomic E-state index is -0.967. The van der Waals surface area contributed by atoms with E-state index in [1.54, 1.807) is 27.1 Å². The molecule has 34 heavy (non-hydrogen) atoms. The van der Waals surface area contributed by atoms with Crippen LogP contribution in [0.25, 0.3) is 0 Å². The van der Waals surface area contributed by atoms with E-state index in [1.807, 2.05) is 13.0 Å². The highest BCUT2D eigenvalue weighted by atomic mass is 16.5. The first kappa shape index (κ1) is 30.1. The highest BCUT2D eigenvalue weighted by Crippen LogP contribution is 2.52. The van der Waals surface area contributed by atoms with Gasteiger partial charge in [0.1, 0.15) is 17.6 Å². The summed E-state index contributed by atoms with van der Waals surface area (Å²) in [5.74, 6) is 0.707. The minimum Gasteiger partial charge on any atom is -0.497 e. The topological polar surface area (TPSA) is 84.9 Å². The lowest BCUT2D eigenvalue weighted by molar-refractivity contribution is -0.139. The second kappa shape index (κ2) is 15.2. The Morgan fingerprint density at radius 2 is 1.74 bits per heavy atom. The van der Waals surface area contributed by atoms with Crippen molar-refractivity contribution in [2.45, 2.75) is 97.4 Å². The fourth-order valence-electron chi connectivity index (χ4n) is 4.54. The first-order chi connectivity index (χ1) is 16.2. The average Bonchev–Trinajstić information content (AvgIpc) is 3.62. The van der Waals surface area contributed by atoms with Gasteiger partial charge in [0, 0.05) is 13.2 Å². The largest absolute Gasteiger partial charge is 0.497 e. The fraction of sp³-hybridized carbons (Fsp3) is 0.714. The van der Waals surface area contributed by atoms with Crippen LogP contribution in [0.3, 0.4) is 0 Å². The van der Waals surface area contributed by atoms with Gasteiger partial charge in [-0.05, 0) is 81.3 Å². The summed E-state index contributed by atoms with van der Waals surface area (Å²) < 4.78 is 10.5. The molecule has 1 unspecified atom stereocenters. The van der Waals surface area contributed by atoms with Crippen LogP contribution in [-0.4, -0.2) is 44.2 Å². The summed E-state index contributed by atoms with van der Waals surface area (Å²) >= 11 is 0. The van der Waals surface area contributed by atoms with Gasteiger partial charge in [0.25, 0.3) is 0 Å². The Labute approximate surface area is 206 Å². The number of aryl methyl sites for hydroxylation is 1. The van der Waals surface area contributed by atoms with E-state index in [-0.39, 0.29) is 5.78 Å².